The fourth-order valence-electron chi connectivity index (χ4n) is 1.43. The van der Waals surface area contributed by atoms with Crippen molar-refractivity contribution in [1.29, 1.82) is 0 Å². The molecule has 1 unspecified atom stereocenters. The summed E-state index contributed by atoms with van der Waals surface area (Å²) in [6, 6.07) is 3.84. The second-order valence-corrected chi connectivity index (χ2v) is 5.72. The number of carbonyl (C=O) groups excluding carboxylic acids is 1. The SMILES string of the molecule is O=C(NCCC(O)C(=O)O)c1csc(-c2cccs2)n1. The van der Waals surface area contributed by atoms with Crippen molar-refractivity contribution in [3.8, 4) is 9.88 Å². The molecule has 2 aromatic rings. The topological polar surface area (TPSA) is 99.5 Å². The molecular formula is C12H12N2O4S2. The highest BCUT2D eigenvalue weighted by atomic mass is 32.1. The van der Waals surface area contributed by atoms with Gasteiger partial charge in [0.2, 0.25) is 0 Å². The van der Waals surface area contributed by atoms with Crippen LogP contribution in [0.5, 0.6) is 0 Å². The Bertz CT molecular complexity index is 594. The standard InChI is InChI=1S/C12H12N2O4S2/c15-8(12(17)18)3-4-13-10(16)7-6-20-11(14-7)9-2-1-5-19-9/h1-2,5-6,8,15H,3-4H2,(H,13,16)(H,17,18). The number of hydrogen-bond acceptors (Lipinski definition) is 6. The van der Waals surface area contributed by atoms with E-state index in [2.05, 4.69) is 10.3 Å². The van der Waals surface area contributed by atoms with E-state index in [-0.39, 0.29) is 18.9 Å². The predicted octanol–water partition coefficient (Wildman–Crippen LogP) is 1.44. The van der Waals surface area contributed by atoms with Crippen LogP contribution in [0.25, 0.3) is 9.88 Å². The number of aliphatic hydroxyl groups excluding tert-OH is 1. The van der Waals surface area contributed by atoms with Gasteiger partial charge in [-0.25, -0.2) is 9.78 Å². The maximum atomic E-state index is 11.8. The molecule has 0 bridgehead atoms. The van der Waals surface area contributed by atoms with Crippen LogP contribution in [0.4, 0.5) is 0 Å². The molecule has 6 nitrogen and oxygen atoms in total. The second kappa shape index (κ2) is 6.60. The number of thiophene rings is 1. The molecule has 0 saturated heterocycles. The van der Waals surface area contributed by atoms with Crippen LogP contribution in [0.3, 0.4) is 0 Å². The van der Waals surface area contributed by atoms with Gasteiger partial charge in [0.05, 0.1) is 4.88 Å². The van der Waals surface area contributed by atoms with E-state index in [0.29, 0.717) is 5.69 Å². The Morgan fingerprint density at radius 2 is 2.20 bits per heavy atom. The molecule has 0 spiro atoms. The second-order valence-electron chi connectivity index (χ2n) is 3.91. The lowest BCUT2D eigenvalue weighted by Crippen LogP contribution is -2.30. The van der Waals surface area contributed by atoms with Crippen molar-refractivity contribution in [2.24, 2.45) is 0 Å². The molecule has 1 atom stereocenters. The molecule has 3 N–H and O–H groups in total. The molecular weight excluding hydrogens is 300 g/mol. The molecule has 0 saturated carbocycles. The summed E-state index contributed by atoms with van der Waals surface area (Å²) in [5.41, 5.74) is 0.295. The van der Waals surface area contributed by atoms with Gasteiger partial charge < -0.3 is 15.5 Å². The van der Waals surface area contributed by atoms with Gasteiger partial charge in [0.1, 0.15) is 10.7 Å². The van der Waals surface area contributed by atoms with Gasteiger partial charge >= 0.3 is 5.97 Å². The summed E-state index contributed by atoms with van der Waals surface area (Å²) in [5.74, 6) is -1.67. The zero-order valence-corrected chi connectivity index (χ0v) is 11.9. The Morgan fingerprint density at radius 3 is 2.85 bits per heavy atom. The number of carboxylic acids is 1. The highest BCUT2D eigenvalue weighted by Gasteiger charge is 2.15. The monoisotopic (exact) mass is 312 g/mol. The number of carboxylic acid groups (broad SMARTS) is 1. The van der Waals surface area contributed by atoms with Gasteiger partial charge in [-0.1, -0.05) is 6.07 Å². The van der Waals surface area contributed by atoms with Gasteiger partial charge in [-0.05, 0) is 11.4 Å². The highest BCUT2D eigenvalue weighted by Crippen LogP contribution is 2.27. The minimum absolute atomic E-state index is 0.0387. The number of nitrogens with one attached hydrogen (secondary N) is 1. The number of hydrogen-bond donors (Lipinski definition) is 3. The van der Waals surface area contributed by atoms with E-state index in [9.17, 15) is 9.59 Å². The third-order valence-corrected chi connectivity index (χ3v) is 4.34. The van der Waals surface area contributed by atoms with Gasteiger partial charge in [-0.15, -0.1) is 22.7 Å². The van der Waals surface area contributed by atoms with Crippen LogP contribution < -0.4 is 5.32 Å². The van der Waals surface area contributed by atoms with Crippen molar-refractivity contribution in [2.75, 3.05) is 6.54 Å². The Labute approximate surface area is 122 Å². The molecule has 106 valence electrons. The highest BCUT2D eigenvalue weighted by molar-refractivity contribution is 7.20. The summed E-state index contributed by atoms with van der Waals surface area (Å²) in [5, 5.41) is 24.5. The molecule has 2 aromatic heterocycles. The van der Waals surface area contributed by atoms with E-state index in [1.54, 1.807) is 16.7 Å². The van der Waals surface area contributed by atoms with Gasteiger partial charge in [0.25, 0.3) is 5.91 Å². The number of thiazole rings is 1. The molecule has 2 rings (SSSR count). The summed E-state index contributed by atoms with van der Waals surface area (Å²) in [6.07, 6.45) is -1.50. The van der Waals surface area contributed by atoms with Crippen molar-refractivity contribution < 1.29 is 19.8 Å². The first kappa shape index (κ1) is 14.6. The van der Waals surface area contributed by atoms with E-state index in [4.69, 9.17) is 10.2 Å². The molecule has 8 heteroatoms. The van der Waals surface area contributed by atoms with Crippen LogP contribution in [0, 0.1) is 0 Å². The lowest BCUT2D eigenvalue weighted by atomic mass is 10.2. The Kier molecular flexibility index (Phi) is 4.83. The van der Waals surface area contributed by atoms with Crippen LogP contribution in [0.1, 0.15) is 16.9 Å². The number of aliphatic carboxylic acids is 1. The van der Waals surface area contributed by atoms with E-state index < -0.39 is 12.1 Å². The van der Waals surface area contributed by atoms with Crippen LogP contribution >= 0.6 is 22.7 Å². The van der Waals surface area contributed by atoms with E-state index in [0.717, 1.165) is 9.88 Å². The average Bonchev–Trinajstić information content (AvgIpc) is 3.08. The number of carbonyl (C=O) groups is 2. The number of rotatable bonds is 6. The first-order chi connectivity index (χ1) is 9.58. The Balaban J connectivity index is 1.89. The van der Waals surface area contributed by atoms with Crippen molar-refractivity contribution in [3.63, 3.8) is 0 Å². The van der Waals surface area contributed by atoms with Crippen molar-refractivity contribution >= 4 is 34.6 Å². The largest absolute Gasteiger partial charge is 0.479 e. The Hall–Kier alpha value is -1.77. The van der Waals surface area contributed by atoms with E-state index >= 15 is 0 Å². The minimum atomic E-state index is -1.47. The van der Waals surface area contributed by atoms with Crippen molar-refractivity contribution in [3.05, 3.63) is 28.6 Å². The molecule has 0 radical (unpaired) electrons. The zero-order chi connectivity index (χ0) is 14.5. The molecule has 0 aliphatic heterocycles. The van der Waals surface area contributed by atoms with Gasteiger partial charge in [-0.2, -0.15) is 0 Å². The fraction of sp³-hybridized carbons (Fsp3) is 0.250. The summed E-state index contributed by atoms with van der Waals surface area (Å²) >= 11 is 2.92. The normalized spacial score (nSPS) is 12.1. The zero-order valence-electron chi connectivity index (χ0n) is 10.3. The maximum absolute atomic E-state index is 11.8. The Morgan fingerprint density at radius 1 is 1.40 bits per heavy atom. The van der Waals surface area contributed by atoms with Crippen molar-refractivity contribution in [2.45, 2.75) is 12.5 Å². The lowest BCUT2D eigenvalue weighted by molar-refractivity contribution is -0.146. The van der Waals surface area contributed by atoms with Crippen LogP contribution in [0.2, 0.25) is 0 Å². The minimum Gasteiger partial charge on any atom is -0.479 e. The maximum Gasteiger partial charge on any atom is 0.332 e. The van der Waals surface area contributed by atoms with E-state index in [1.807, 2.05) is 17.5 Å². The summed E-state index contributed by atoms with van der Waals surface area (Å²) < 4.78 is 0. The quantitative estimate of drug-likeness (QED) is 0.749. The number of nitrogens with zero attached hydrogens (tertiary/aromatic N) is 1. The average molecular weight is 312 g/mol. The molecule has 2 heterocycles. The first-order valence-electron chi connectivity index (χ1n) is 5.76. The van der Waals surface area contributed by atoms with Crippen LogP contribution in [-0.4, -0.2) is 39.7 Å². The smallest absolute Gasteiger partial charge is 0.332 e. The first-order valence-corrected chi connectivity index (χ1v) is 7.52. The third-order valence-electron chi connectivity index (χ3n) is 2.46. The van der Waals surface area contributed by atoms with Gasteiger partial charge in [-0.3, -0.25) is 4.79 Å². The summed E-state index contributed by atoms with van der Waals surface area (Å²) in [4.78, 5) is 27.4. The van der Waals surface area contributed by atoms with Gasteiger partial charge in [0, 0.05) is 18.3 Å². The predicted molar refractivity (Wildman–Crippen MR) is 76.0 cm³/mol. The molecule has 0 aliphatic rings. The lowest BCUT2D eigenvalue weighted by Gasteiger charge is -2.05. The summed E-state index contributed by atoms with van der Waals surface area (Å²) in [7, 11) is 0. The molecule has 0 aliphatic carbocycles. The van der Waals surface area contributed by atoms with Crippen molar-refractivity contribution in [1.82, 2.24) is 10.3 Å². The van der Waals surface area contributed by atoms with Gasteiger partial charge in [0.15, 0.2) is 6.10 Å². The van der Waals surface area contributed by atoms with E-state index in [1.165, 1.54) is 11.3 Å². The number of aliphatic hydroxyl groups is 1. The van der Waals surface area contributed by atoms with Crippen LogP contribution in [-0.2, 0) is 4.79 Å². The third kappa shape index (κ3) is 3.62. The number of amides is 1. The molecule has 0 aromatic carbocycles. The summed E-state index contributed by atoms with van der Waals surface area (Å²) in [6.45, 7) is 0.0815. The number of aromatic nitrogens is 1. The molecule has 1 amide bonds. The fourth-order valence-corrected chi connectivity index (χ4v) is 3.04. The molecule has 0 fully saturated rings. The van der Waals surface area contributed by atoms with Crippen LogP contribution in [0.15, 0.2) is 22.9 Å². The molecule has 20 heavy (non-hydrogen) atoms.